The van der Waals surface area contributed by atoms with E-state index in [0.29, 0.717) is 12.5 Å². The molecule has 0 unspecified atom stereocenters. The highest BCUT2D eigenvalue weighted by atomic mass is 16.1. The Morgan fingerprint density at radius 2 is 2.17 bits per heavy atom. The molecule has 6 heteroatoms. The predicted octanol–water partition coefficient (Wildman–Crippen LogP) is 2.55. The normalized spacial score (nSPS) is 15.7. The van der Waals surface area contributed by atoms with Gasteiger partial charge in [-0.2, -0.15) is 10.2 Å². The van der Waals surface area contributed by atoms with Crippen molar-refractivity contribution in [3.63, 3.8) is 0 Å². The molecule has 1 aliphatic carbocycles. The molecule has 1 amide bonds. The van der Waals surface area contributed by atoms with Gasteiger partial charge in [0.05, 0.1) is 23.7 Å². The van der Waals surface area contributed by atoms with Crippen LogP contribution in [0.3, 0.4) is 0 Å². The summed E-state index contributed by atoms with van der Waals surface area (Å²) in [6, 6.07) is 0. The van der Waals surface area contributed by atoms with Crippen LogP contribution >= 0.6 is 0 Å². The molecule has 0 aliphatic heterocycles. The number of carbonyl (C=O) groups excluding carboxylic acids is 1. The van der Waals surface area contributed by atoms with Crippen LogP contribution in [0, 0.1) is 0 Å². The molecule has 124 valence electrons. The molecule has 2 heterocycles. The van der Waals surface area contributed by atoms with Gasteiger partial charge < -0.3 is 5.32 Å². The van der Waals surface area contributed by atoms with E-state index in [2.05, 4.69) is 20.6 Å². The third-order valence-corrected chi connectivity index (χ3v) is 4.61. The van der Waals surface area contributed by atoms with Crippen LogP contribution in [0.4, 0.5) is 0 Å². The molecule has 0 bridgehead atoms. The second kappa shape index (κ2) is 7.44. The first kappa shape index (κ1) is 15.8. The molecule has 6 nitrogen and oxygen atoms in total. The molecule has 1 fully saturated rings. The molecule has 0 saturated heterocycles. The third-order valence-electron chi connectivity index (χ3n) is 4.61. The van der Waals surface area contributed by atoms with Gasteiger partial charge in [-0.05, 0) is 31.2 Å². The molecular weight excluding hydrogens is 290 g/mol. The second-order valence-electron chi connectivity index (χ2n) is 6.41. The average Bonchev–Trinajstić information content (AvgIpc) is 3.21. The number of rotatable bonds is 6. The summed E-state index contributed by atoms with van der Waals surface area (Å²) in [6.07, 6.45) is 13.5. The number of aromatic nitrogens is 4. The minimum absolute atomic E-state index is 0.00879. The number of nitrogens with one attached hydrogen (secondary N) is 2. The first-order valence-electron chi connectivity index (χ1n) is 8.53. The summed E-state index contributed by atoms with van der Waals surface area (Å²) in [6.45, 7) is 0.670. The summed E-state index contributed by atoms with van der Waals surface area (Å²) >= 11 is 0. The van der Waals surface area contributed by atoms with Crippen molar-refractivity contribution >= 4 is 5.91 Å². The fourth-order valence-electron chi connectivity index (χ4n) is 3.37. The Bertz CT molecular complexity index is 639. The third kappa shape index (κ3) is 4.00. The minimum Gasteiger partial charge on any atom is -0.352 e. The SMILES string of the molecule is Cn1cc(CCCNC(=O)c2cn[nH]c2C2CCCCC2)cn1. The van der Waals surface area contributed by atoms with E-state index in [1.807, 2.05) is 19.4 Å². The van der Waals surface area contributed by atoms with Crippen LogP contribution in [-0.4, -0.2) is 32.4 Å². The zero-order valence-corrected chi connectivity index (χ0v) is 13.7. The zero-order chi connectivity index (χ0) is 16.1. The van der Waals surface area contributed by atoms with Crippen molar-refractivity contribution in [1.29, 1.82) is 0 Å². The first-order chi connectivity index (χ1) is 11.2. The number of nitrogens with zero attached hydrogens (tertiary/aromatic N) is 3. The maximum absolute atomic E-state index is 12.4. The van der Waals surface area contributed by atoms with E-state index in [4.69, 9.17) is 0 Å². The Morgan fingerprint density at radius 1 is 1.35 bits per heavy atom. The van der Waals surface area contributed by atoms with Crippen molar-refractivity contribution in [2.45, 2.75) is 50.9 Å². The number of carbonyl (C=O) groups is 1. The van der Waals surface area contributed by atoms with E-state index in [1.54, 1.807) is 10.9 Å². The lowest BCUT2D eigenvalue weighted by Gasteiger charge is -2.21. The van der Waals surface area contributed by atoms with Gasteiger partial charge in [-0.3, -0.25) is 14.6 Å². The molecule has 2 aromatic rings. The Hall–Kier alpha value is -2.11. The molecule has 0 spiro atoms. The quantitative estimate of drug-likeness (QED) is 0.804. The summed E-state index contributed by atoms with van der Waals surface area (Å²) in [7, 11) is 1.91. The Morgan fingerprint density at radius 3 is 2.91 bits per heavy atom. The molecule has 2 aromatic heterocycles. The maximum Gasteiger partial charge on any atom is 0.254 e. The van der Waals surface area contributed by atoms with Gasteiger partial charge in [-0.15, -0.1) is 0 Å². The molecule has 0 atom stereocenters. The van der Waals surface area contributed by atoms with Crippen LogP contribution in [-0.2, 0) is 13.5 Å². The van der Waals surface area contributed by atoms with Crippen molar-refractivity contribution < 1.29 is 4.79 Å². The first-order valence-corrected chi connectivity index (χ1v) is 8.53. The van der Waals surface area contributed by atoms with Gasteiger partial charge >= 0.3 is 0 Å². The van der Waals surface area contributed by atoms with Crippen LogP contribution in [0.2, 0.25) is 0 Å². The highest BCUT2D eigenvalue weighted by molar-refractivity contribution is 5.95. The fraction of sp³-hybridized carbons (Fsp3) is 0.588. The van der Waals surface area contributed by atoms with Crippen molar-refractivity contribution in [3.8, 4) is 0 Å². The average molecular weight is 315 g/mol. The monoisotopic (exact) mass is 315 g/mol. The van der Waals surface area contributed by atoms with Gasteiger partial charge in [0.1, 0.15) is 0 Å². The molecular formula is C17H25N5O. The van der Waals surface area contributed by atoms with E-state index in [1.165, 1.54) is 24.8 Å². The summed E-state index contributed by atoms with van der Waals surface area (Å²) in [5, 5.41) is 14.3. The molecule has 3 rings (SSSR count). The number of aromatic amines is 1. The maximum atomic E-state index is 12.4. The van der Waals surface area contributed by atoms with Crippen LogP contribution in [0.1, 0.15) is 66.1 Å². The van der Waals surface area contributed by atoms with Crippen LogP contribution < -0.4 is 5.32 Å². The number of hydrogen-bond acceptors (Lipinski definition) is 3. The Balaban J connectivity index is 1.49. The second-order valence-corrected chi connectivity index (χ2v) is 6.41. The smallest absolute Gasteiger partial charge is 0.254 e. The molecule has 0 aromatic carbocycles. The van der Waals surface area contributed by atoms with Crippen molar-refractivity contribution in [1.82, 2.24) is 25.3 Å². The van der Waals surface area contributed by atoms with E-state index >= 15 is 0 Å². The van der Waals surface area contributed by atoms with Gasteiger partial charge in [0.25, 0.3) is 5.91 Å². The molecule has 1 saturated carbocycles. The molecule has 1 aliphatic rings. The molecule has 0 radical (unpaired) electrons. The standard InChI is InChI=1S/C17H25N5O/c1-22-12-13(10-20-22)6-5-9-18-17(23)15-11-19-21-16(15)14-7-3-2-4-8-14/h10-12,14H,2-9H2,1H3,(H,18,23)(H,19,21). The highest BCUT2D eigenvalue weighted by Gasteiger charge is 2.23. The lowest BCUT2D eigenvalue weighted by Crippen LogP contribution is -2.26. The molecule has 23 heavy (non-hydrogen) atoms. The van der Waals surface area contributed by atoms with E-state index in [0.717, 1.165) is 36.9 Å². The largest absolute Gasteiger partial charge is 0.352 e. The van der Waals surface area contributed by atoms with Gasteiger partial charge in [0.15, 0.2) is 0 Å². The van der Waals surface area contributed by atoms with Gasteiger partial charge in [-0.25, -0.2) is 0 Å². The van der Waals surface area contributed by atoms with Crippen molar-refractivity contribution in [2.75, 3.05) is 6.54 Å². The summed E-state index contributed by atoms with van der Waals surface area (Å²) in [4.78, 5) is 12.4. The highest BCUT2D eigenvalue weighted by Crippen LogP contribution is 2.33. The topological polar surface area (TPSA) is 75.6 Å². The van der Waals surface area contributed by atoms with E-state index < -0.39 is 0 Å². The zero-order valence-electron chi connectivity index (χ0n) is 13.7. The van der Waals surface area contributed by atoms with E-state index in [-0.39, 0.29) is 5.91 Å². The Kier molecular flexibility index (Phi) is 5.10. The number of aryl methyl sites for hydroxylation is 2. The number of hydrogen-bond donors (Lipinski definition) is 2. The van der Waals surface area contributed by atoms with Gasteiger partial charge in [-0.1, -0.05) is 19.3 Å². The van der Waals surface area contributed by atoms with Crippen molar-refractivity contribution in [3.05, 3.63) is 35.4 Å². The molecule has 2 N–H and O–H groups in total. The summed E-state index contributed by atoms with van der Waals surface area (Å²) in [5.74, 6) is 0.452. The predicted molar refractivity (Wildman–Crippen MR) is 88.3 cm³/mol. The minimum atomic E-state index is -0.00879. The van der Waals surface area contributed by atoms with Crippen LogP contribution in [0.5, 0.6) is 0 Å². The van der Waals surface area contributed by atoms with Crippen LogP contribution in [0.15, 0.2) is 18.6 Å². The van der Waals surface area contributed by atoms with Gasteiger partial charge in [0, 0.05) is 25.7 Å². The van der Waals surface area contributed by atoms with Crippen molar-refractivity contribution in [2.24, 2.45) is 7.05 Å². The fourth-order valence-corrected chi connectivity index (χ4v) is 3.37. The lowest BCUT2D eigenvalue weighted by molar-refractivity contribution is 0.0951. The van der Waals surface area contributed by atoms with E-state index in [9.17, 15) is 4.79 Å². The Labute approximate surface area is 136 Å². The lowest BCUT2D eigenvalue weighted by atomic mass is 9.85. The number of amides is 1. The summed E-state index contributed by atoms with van der Waals surface area (Å²) in [5.41, 5.74) is 2.95. The van der Waals surface area contributed by atoms with Crippen LogP contribution in [0.25, 0.3) is 0 Å². The number of H-pyrrole nitrogens is 1. The summed E-state index contributed by atoms with van der Waals surface area (Å²) < 4.78 is 1.80. The van der Waals surface area contributed by atoms with Gasteiger partial charge in [0.2, 0.25) is 0 Å².